The van der Waals surface area contributed by atoms with Crippen LogP contribution < -0.4 is 5.32 Å². The molecule has 0 unspecified atom stereocenters. The van der Waals surface area contributed by atoms with Crippen LogP contribution in [0, 0.1) is 0 Å². The van der Waals surface area contributed by atoms with E-state index in [1.165, 1.54) is 11.1 Å². The van der Waals surface area contributed by atoms with Crippen molar-refractivity contribution in [1.29, 1.82) is 0 Å². The fourth-order valence-electron chi connectivity index (χ4n) is 3.16. The third-order valence-electron chi connectivity index (χ3n) is 4.52. The number of piperidine rings is 1. The molecule has 2 aromatic rings. The molecule has 0 aliphatic carbocycles. The van der Waals surface area contributed by atoms with Crippen molar-refractivity contribution in [2.45, 2.75) is 25.2 Å². The number of H-pyrrole nitrogens is 1. The number of carbonyl (C=O) groups excluding carboxylic acids is 1. The van der Waals surface area contributed by atoms with Gasteiger partial charge in [0.2, 0.25) is 5.91 Å². The standard InChI is InChI=1S/C18H24N4O/c23-18(19-9-6-15-4-2-1-3-5-15)14-22-10-7-16(8-11-22)17-12-20-21-13-17/h1-5,12-13,16H,6-11,14H2,(H,19,23)(H,20,21). The van der Waals surface area contributed by atoms with Crippen LogP contribution in [0.5, 0.6) is 0 Å². The summed E-state index contributed by atoms with van der Waals surface area (Å²) in [5.41, 5.74) is 2.55. The van der Waals surface area contributed by atoms with Gasteiger partial charge in [0.15, 0.2) is 0 Å². The number of carbonyl (C=O) groups is 1. The third-order valence-corrected chi connectivity index (χ3v) is 4.52. The molecule has 2 heterocycles. The van der Waals surface area contributed by atoms with Gasteiger partial charge < -0.3 is 5.32 Å². The fraction of sp³-hybridized carbons (Fsp3) is 0.444. The van der Waals surface area contributed by atoms with Crippen molar-refractivity contribution in [3.8, 4) is 0 Å². The average molecular weight is 312 g/mol. The molecule has 1 aliphatic rings. The van der Waals surface area contributed by atoms with Crippen LogP contribution in [0.4, 0.5) is 0 Å². The summed E-state index contributed by atoms with van der Waals surface area (Å²) >= 11 is 0. The lowest BCUT2D eigenvalue weighted by Gasteiger charge is -2.30. The van der Waals surface area contributed by atoms with E-state index in [0.717, 1.165) is 32.4 Å². The molecule has 1 saturated heterocycles. The van der Waals surface area contributed by atoms with Gasteiger partial charge in [-0.2, -0.15) is 5.10 Å². The predicted octanol–water partition coefficient (Wildman–Crippen LogP) is 1.95. The molecular formula is C18H24N4O. The summed E-state index contributed by atoms with van der Waals surface area (Å²) < 4.78 is 0. The number of hydrogen-bond donors (Lipinski definition) is 2. The summed E-state index contributed by atoms with van der Waals surface area (Å²) in [7, 11) is 0. The first-order chi connectivity index (χ1) is 11.3. The van der Waals surface area contributed by atoms with Crippen molar-refractivity contribution in [1.82, 2.24) is 20.4 Å². The molecule has 0 radical (unpaired) electrons. The average Bonchev–Trinajstić information content (AvgIpc) is 3.11. The smallest absolute Gasteiger partial charge is 0.234 e. The van der Waals surface area contributed by atoms with E-state index < -0.39 is 0 Å². The molecule has 1 fully saturated rings. The van der Waals surface area contributed by atoms with Crippen molar-refractivity contribution in [3.63, 3.8) is 0 Å². The Morgan fingerprint density at radius 3 is 2.74 bits per heavy atom. The summed E-state index contributed by atoms with van der Waals surface area (Å²) in [6.45, 7) is 3.16. The number of hydrogen-bond acceptors (Lipinski definition) is 3. The van der Waals surface area contributed by atoms with Gasteiger partial charge in [-0.1, -0.05) is 30.3 Å². The maximum atomic E-state index is 12.0. The number of likely N-dealkylation sites (tertiary alicyclic amines) is 1. The van der Waals surface area contributed by atoms with Crippen LogP contribution >= 0.6 is 0 Å². The van der Waals surface area contributed by atoms with Gasteiger partial charge in [0.25, 0.3) is 0 Å². The van der Waals surface area contributed by atoms with Crippen LogP contribution in [0.1, 0.15) is 29.9 Å². The molecule has 122 valence electrons. The number of rotatable bonds is 6. The molecule has 23 heavy (non-hydrogen) atoms. The van der Waals surface area contributed by atoms with Crippen molar-refractivity contribution in [2.24, 2.45) is 0 Å². The highest BCUT2D eigenvalue weighted by Crippen LogP contribution is 2.26. The van der Waals surface area contributed by atoms with Gasteiger partial charge in [0, 0.05) is 12.7 Å². The Morgan fingerprint density at radius 1 is 1.26 bits per heavy atom. The maximum Gasteiger partial charge on any atom is 0.234 e. The van der Waals surface area contributed by atoms with Gasteiger partial charge in [-0.05, 0) is 49.4 Å². The fourth-order valence-corrected chi connectivity index (χ4v) is 3.16. The molecule has 1 amide bonds. The molecule has 1 aliphatic heterocycles. The molecule has 1 aromatic carbocycles. The number of nitrogens with zero attached hydrogens (tertiary/aromatic N) is 2. The molecule has 3 rings (SSSR count). The largest absolute Gasteiger partial charge is 0.355 e. The van der Waals surface area contributed by atoms with E-state index in [4.69, 9.17) is 0 Å². The minimum absolute atomic E-state index is 0.127. The van der Waals surface area contributed by atoms with Crippen LogP contribution in [-0.4, -0.2) is 47.2 Å². The second-order valence-electron chi connectivity index (χ2n) is 6.17. The number of benzene rings is 1. The predicted molar refractivity (Wildman–Crippen MR) is 90.2 cm³/mol. The van der Waals surface area contributed by atoms with E-state index in [0.29, 0.717) is 19.0 Å². The molecule has 0 atom stereocenters. The monoisotopic (exact) mass is 312 g/mol. The number of nitrogens with one attached hydrogen (secondary N) is 2. The van der Waals surface area contributed by atoms with Crippen LogP contribution in [0.15, 0.2) is 42.7 Å². The molecule has 5 heteroatoms. The Bertz CT molecular complexity index is 589. The van der Waals surface area contributed by atoms with E-state index in [1.807, 2.05) is 30.6 Å². The van der Waals surface area contributed by atoms with E-state index >= 15 is 0 Å². The second kappa shape index (κ2) is 7.92. The Balaban J connectivity index is 1.34. The maximum absolute atomic E-state index is 12.0. The van der Waals surface area contributed by atoms with Crippen molar-refractivity contribution in [2.75, 3.05) is 26.2 Å². The normalized spacial score (nSPS) is 16.3. The van der Waals surface area contributed by atoms with Crippen molar-refractivity contribution in [3.05, 3.63) is 53.9 Å². The van der Waals surface area contributed by atoms with Gasteiger partial charge in [0.05, 0.1) is 12.7 Å². The molecule has 0 bridgehead atoms. The first-order valence-corrected chi connectivity index (χ1v) is 8.33. The minimum Gasteiger partial charge on any atom is -0.355 e. The Hall–Kier alpha value is -2.14. The van der Waals surface area contributed by atoms with Crippen molar-refractivity contribution < 1.29 is 4.79 Å². The van der Waals surface area contributed by atoms with Gasteiger partial charge in [-0.15, -0.1) is 0 Å². The lowest BCUT2D eigenvalue weighted by Crippen LogP contribution is -2.41. The first-order valence-electron chi connectivity index (χ1n) is 8.33. The lowest BCUT2D eigenvalue weighted by atomic mass is 9.91. The number of aromatic amines is 1. The number of aromatic nitrogens is 2. The Kier molecular flexibility index (Phi) is 5.42. The topological polar surface area (TPSA) is 61.0 Å². The van der Waals surface area contributed by atoms with E-state index in [-0.39, 0.29) is 5.91 Å². The molecule has 5 nitrogen and oxygen atoms in total. The van der Waals surface area contributed by atoms with Crippen LogP contribution in [0.25, 0.3) is 0 Å². The van der Waals surface area contributed by atoms with Crippen LogP contribution in [-0.2, 0) is 11.2 Å². The first kappa shape index (κ1) is 15.7. The zero-order valence-corrected chi connectivity index (χ0v) is 13.4. The van der Waals surface area contributed by atoms with Crippen LogP contribution in [0.2, 0.25) is 0 Å². The molecule has 2 N–H and O–H groups in total. The van der Waals surface area contributed by atoms with E-state index in [1.54, 1.807) is 0 Å². The Morgan fingerprint density at radius 2 is 2.04 bits per heavy atom. The molecule has 0 saturated carbocycles. The summed E-state index contributed by atoms with van der Waals surface area (Å²) in [4.78, 5) is 14.3. The van der Waals surface area contributed by atoms with Gasteiger partial charge in [-0.3, -0.25) is 14.8 Å². The van der Waals surface area contributed by atoms with E-state index in [9.17, 15) is 4.79 Å². The highest BCUT2D eigenvalue weighted by atomic mass is 16.2. The quantitative estimate of drug-likeness (QED) is 0.857. The second-order valence-corrected chi connectivity index (χ2v) is 6.17. The van der Waals surface area contributed by atoms with Crippen LogP contribution in [0.3, 0.4) is 0 Å². The third kappa shape index (κ3) is 4.66. The summed E-state index contributed by atoms with van der Waals surface area (Å²) in [6.07, 6.45) is 6.97. The number of amides is 1. The van der Waals surface area contributed by atoms with E-state index in [2.05, 4.69) is 32.5 Å². The zero-order valence-electron chi connectivity index (χ0n) is 13.4. The lowest BCUT2D eigenvalue weighted by molar-refractivity contribution is -0.122. The summed E-state index contributed by atoms with van der Waals surface area (Å²) in [6, 6.07) is 10.2. The summed E-state index contributed by atoms with van der Waals surface area (Å²) in [5, 5.41) is 9.92. The van der Waals surface area contributed by atoms with Gasteiger partial charge in [-0.25, -0.2) is 0 Å². The molecular weight excluding hydrogens is 288 g/mol. The molecule has 0 spiro atoms. The highest BCUT2D eigenvalue weighted by molar-refractivity contribution is 5.78. The van der Waals surface area contributed by atoms with Gasteiger partial charge in [0.1, 0.15) is 0 Å². The van der Waals surface area contributed by atoms with Gasteiger partial charge >= 0.3 is 0 Å². The highest BCUT2D eigenvalue weighted by Gasteiger charge is 2.22. The zero-order chi connectivity index (χ0) is 15.9. The minimum atomic E-state index is 0.127. The SMILES string of the molecule is O=C(CN1CCC(c2cn[nH]c2)CC1)NCCc1ccccc1. The molecule has 1 aromatic heterocycles. The summed E-state index contributed by atoms with van der Waals surface area (Å²) in [5.74, 6) is 0.703. The Labute approximate surface area is 137 Å². The van der Waals surface area contributed by atoms with Crippen molar-refractivity contribution >= 4 is 5.91 Å².